The highest BCUT2D eigenvalue weighted by Crippen LogP contribution is 2.25. The van der Waals surface area contributed by atoms with Crippen LogP contribution in [-0.4, -0.2) is 25.6 Å². The number of aryl methyl sites for hydroxylation is 1. The molecule has 0 unspecified atom stereocenters. The molecule has 1 N–H and O–H groups in total. The molecule has 3 aromatic rings. The van der Waals surface area contributed by atoms with Crippen LogP contribution >= 0.6 is 0 Å². The summed E-state index contributed by atoms with van der Waals surface area (Å²) < 4.78 is 29.5. The zero-order valence-electron chi connectivity index (χ0n) is 16.5. The summed E-state index contributed by atoms with van der Waals surface area (Å²) in [6.07, 6.45) is 0.344. The molecule has 0 spiro atoms. The average Bonchev–Trinajstić information content (AvgIpc) is 3.24. The standard InChI is InChI=1S/C23H22FNO5/c1-28-17-8-6-16(7-9-17)14-25-22(26)15-29-23(27)13-11-18-10-12-21(30-18)19-4-2-3-5-20(19)24/h2-10,12H,11,13-15H2,1H3,(H,25,26). The predicted octanol–water partition coefficient (Wildman–Crippen LogP) is 3.89. The number of halogens is 1. The first kappa shape index (κ1) is 21.1. The summed E-state index contributed by atoms with van der Waals surface area (Å²) in [7, 11) is 1.58. The maximum absolute atomic E-state index is 13.8. The molecule has 30 heavy (non-hydrogen) atoms. The Labute approximate surface area is 173 Å². The molecule has 7 heteroatoms. The van der Waals surface area contributed by atoms with E-state index in [1.165, 1.54) is 6.07 Å². The van der Waals surface area contributed by atoms with Crippen molar-refractivity contribution in [3.8, 4) is 17.1 Å². The summed E-state index contributed by atoms with van der Waals surface area (Å²) in [5.74, 6) is 0.385. The predicted molar refractivity (Wildman–Crippen MR) is 108 cm³/mol. The van der Waals surface area contributed by atoms with Gasteiger partial charge >= 0.3 is 5.97 Å². The second-order valence-electron chi connectivity index (χ2n) is 6.53. The SMILES string of the molecule is COc1ccc(CNC(=O)COC(=O)CCc2ccc(-c3ccccc3F)o2)cc1. The van der Waals surface area contributed by atoms with Gasteiger partial charge in [-0.3, -0.25) is 9.59 Å². The number of carbonyl (C=O) groups is 2. The van der Waals surface area contributed by atoms with Crippen molar-refractivity contribution >= 4 is 11.9 Å². The van der Waals surface area contributed by atoms with Crippen LogP contribution in [-0.2, 0) is 27.3 Å². The van der Waals surface area contributed by atoms with Crippen LogP contribution in [0.3, 0.4) is 0 Å². The number of methoxy groups -OCH3 is 1. The summed E-state index contributed by atoms with van der Waals surface area (Å²) in [5.41, 5.74) is 1.26. The molecule has 1 heterocycles. The fourth-order valence-corrected chi connectivity index (χ4v) is 2.76. The number of amides is 1. The van der Waals surface area contributed by atoms with Gasteiger partial charge in [0.15, 0.2) is 6.61 Å². The van der Waals surface area contributed by atoms with Gasteiger partial charge in [-0.15, -0.1) is 0 Å². The molecule has 0 radical (unpaired) electrons. The lowest BCUT2D eigenvalue weighted by molar-refractivity contribution is -0.148. The number of hydrogen-bond acceptors (Lipinski definition) is 5. The first-order valence-corrected chi connectivity index (χ1v) is 9.44. The van der Waals surface area contributed by atoms with Crippen molar-refractivity contribution in [1.29, 1.82) is 0 Å². The number of rotatable bonds is 9. The molecule has 0 fully saturated rings. The van der Waals surface area contributed by atoms with Crippen LogP contribution in [0, 0.1) is 5.82 Å². The first-order chi connectivity index (χ1) is 14.5. The lowest BCUT2D eigenvalue weighted by Gasteiger charge is -2.07. The number of benzene rings is 2. The van der Waals surface area contributed by atoms with Crippen molar-refractivity contribution < 1.29 is 27.9 Å². The van der Waals surface area contributed by atoms with Crippen LogP contribution in [0.5, 0.6) is 5.75 Å². The van der Waals surface area contributed by atoms with Crippen LogP contribution in [0.1, 0.15) is 17.7 Å². The third-order valence-electron chi connectivity index (χ3n) is 4.39. The largest absolute Gasteiger partial charge is 0.497 e. The minimum atomic E-state index is -0.515. The summed E-state index contributed by atoms with van der Waals surface area (Å²) in [6, 6.07) is 16.9. The van der Waals surface area contributed by atoms with E-state index in [1.54, 1.807) is 49.6 Å². The molecule has 3 rings (SSSR count). The Morgan fingerprint density at radius 3 is 2.53 bits per heavy atom. The lowest BCUT2D eigenvalue weighted by Crippen LogP contribution is -2.28. The Morgan fingerprint density at radius 2 is 1.80 bits per heavy atom. The fourth-order valence-electron chi connectivity index (χ4n) is 2.76. The number of carbonyl (C=O) groups excluding carboxylic acids is 2. The van der Waals surface area contributed by atoms with Crippen LogP contribution in [0.4, 0.5) is 4.39 Å². The van der Waals surface area contributed by atoms with Gasteiger partial charge in [0.2, 0.25) is 0 Å². The monoisotopic (exact) mass is 411 g/mol. The molecular formula is C23H22FNO5. The Bertz CT molecular complexity index is 997. The fraction of sp³-hybridized carbons (Fsp3) is 0.217. The van der Waals surface area contributed by atoms with E-state index in [0.717, 1.165) is 11.3 Å². The summed E-state index contributed by atoms with van der Waals surface area (Å²) >= 11 is 0. The highest BCUT2D eigenvalue weighted by Gasteiger charge is 2.12. The van der Waals surface area contributed by atoms with E-state index in [4.69, 9.17) is 13.9 Å². The van der Waals surface area contributed by atoms with E-state index in [2.05, 4.69) is 5.32 Å². The molecule has 0 aliphatic heterocycles. The number of ether oxygens (including phenoxy) is 2. The third-order valence-corrected chi connectivity index (χ3v) is 4.39. The van der Waals surface area contributed by atoms with Gasteiger partial charge in [-0.25, -0.2) is 4.39 Å². The Kier molecular flexibility index (Phi) is 7.21. The van der Waals surface area contributed by atoms with E-state index in [0.29, 0.717) is 30.0 Å². The zero-order valence-corrected chi connectivity index (χ0v) is 16.5. The third kappa shape index (κ3) is 5.94. The summed E-state index contributed by atoms with van der Waals surface area (Å²) in [6.45, 7) is -0.0286. The van der Waals surface area contributed by atoms with Gasteiger partial charge < -0.3 is 19.2 Å². The summed E-state index contributed by atoms with van der Waals surface area (Å²) in [5, 5.41) is 2.68. The molecule has 156 valence electrons. The smallest absolute Gasteiger partial charge is 0.306 e. The van der Waals surface area contributed by atoms with Gasteiger partial charge in [0.25, 0.3) is 5.91 Å². The zero-order chi connectivity index (χ0) is 21.3. The van der Waals surface area contributed by atoms with Crippen molar-refractivity contribution in [1.82, 2.24) is 5.32 Å². The van der Waals surface area contributed by atoms with Crippen molar-refractivity contribution in [2.24, 2.45) is 0 Å². The van der Waals surface area contributed by atoms with Gasteiger partial charge in [0, 0.05) is 13.0 Å². The molecule has 0 aliphatic rings. The van der Waals surface area contributed by atoms with Gasteiger partial charge in [0.05, 0.1) is 19.1 Å². The Hall–Kier alpha value is -3.61. The maximum Gasteiger partial charge on any atom is 0.306 e. The molecule has 1 aromatic heterocycles. The van der Waals surface area contributed by atoms with Crippen LogP contribution in [0.15, 0.2) is 65.1 Å². The van der Waals surface area contributed by atoms with Crippen LogP contribution in [0.25, 0.3) is 11.3 Å². The quantitative estimate of drug-likeness (QED) is 0.541. The van der Waals surface area contributed by atoms with Crippen molar-refractivity contribution in [3.05, 3.63) is 77.8 Å². The highest BCUT2D eigenvalue weighted by atomic mass is 19.1. The summed E-state index contributed by atoms with van der Waals surface area (Å²) in [4.78, 5) is 23.7. The van der Waals surface area contributed by atoms with Gasteiger partial charge in [-0.1, -0.05) is 24.3 Å². The van der Waals surface area contributed by atoms with E-state index in [9.17, 15) is 14.0 Å². The van der Waals surface area contributed by atoms with E-state index >= 15 is 0 Å². The molecular weight excluding hydrogens is 389 g/mol. The molecule has 0 bridgehead atoms. The van der Waals surface area contributed by atoms with E-state index in [-0.39, 0.29) is 24.8 Å². The average molecular weight is 411 g/mol. The number of hydrogen-bond donors (Lipinski definition) is 1. The lowest BCUT2D eigenvalue weighted by atomic mass is 10.1. The van der Waals surface area contributed by atoms with Crippen molar-refractivity contribution in [3.63, 3.8) is 0 Å². The van der Waals surface area contributed by atoms with Crippen LogP contribution in [0.2, 0.25) is 0 Å². The van der Waals surface area contributed by atoms with Gasteiger partial charge in [0.1, 0.15) is 23.1 Å². The highest BCUT2D eigenvalue weighted by molar-refractivity contribution is 5.80. The maximum atomic E-state index is 13.8. The number of nitrogens with one attached hydrogen (secondary N) is 1. The molecule has 0 saturated carbocycles. The first-order valence-electron chi connectivity index (χ1n) is 9.44. The molecule has 0 aliphatic carbocycles. The van der Waals surface area contributed by atoms with Crippen molar-refractivity contribution in [2.75, 3.05) is 13.7 Å². The molecule has 0 saturated heterocycles. The van der Waals surface area contributed by atoms with Gasteiger partial charge in [-0.2, -0.15) is 0 Å². The van der Waals surface area contributed by atoms with Gasteiger partial charge in [-0.05, 0) is 42.0 Å². The normalized spacial score (nSPS) is 10.5. The molecule has 0 atom stereocenters. The molecule has 1 amide bonds. The second kappa shape index (κ2) is 10.2. The van der Waals surface area contributed by atoms with E-state index < -0.39 is 5.97 Å². The number of furan rings is 1. The molecule has 6 nitrogen and oxygen atoms in total. The van der Waals surface area contributed by atoms with Crippen LogP contribution < -0.4 is 10.1 Å². The second-order valence-corrected chi connectivity index (χ2v) is 6.53. The molecule has 2 aromatic carbocycles. The minimum Gasteiger partial charge on any atom is -0.497 e. The Balaban J connectivity index is 1.38. The Morgan fingerprint density at radius 1 is 1.03 bits per heavy atom. The topological polar surface area (TPSA) is 77.8 Å². The van der Waals surface area contributed by atoms with E-state index in [1.807, 2.05) is 12.1 Å². The number of esters is 1. The minimum absolute atomic E-state index is 0.0516. The van der Waals surface area contributed by atoms with Crippen molar-refractivity contribution in [2.45, 2.75) is 19.4 Å².